The van der Waals surface area contributed by atoms with E-state index in [1.165, 1.54) is 0 Å². The average Bonchev–Trinajstić information content (AvgIpc) is 2.65. The Morgan fingerprint density at radius 2 is 1.76 bits per heavy atom. The lowest BCUT2D eigenvalue weighted by Gasteiger charge is -2.24. The second-order valence-electron chi connectivity index (χ2n) is 7.46. The van der Waals surface area contributed by atoms with Gasteiger partial charge in [0.05, 0.1) is 11.7 Å². The molecule has 0 bridgehead atoms. The van der Waals surface area contributed by atoms with Gasteiger partial charge in [-0.15, -0.1) is 0 Å². The number of anilines is 1. The minimum atomic E-state index is -3.38. The van der Waals surface area contributed by atoms with Crippen LogP contribution in [0.25, 0.3) is 0 Å². The Kier molecular flexibility index (Phi) is 6.34. The maximum atomic E-state index is 12.7. The van der Waals surface area contributed by atoms with Gasteiger partial charge < -0.3 is 10.6 Å². The van der Waals surface area contributed by atoms with E-state index in [1.54, 1.807) is 44.2 Å². The van der Waals surface area contributed by atoms with Gasteiger partial charge in [0, 0.05) is 24.7 Å². The highest BCUT2D eigenvalue weighted by Gasteiger charge is 2.30. The van der Waals surface area contributed by atoms with Crippen molar-refractivity contribution in [3.63, 3.8) is 0 Å². The van der Waals surface area contributed by atoms with Crippen LogP contribution < -0.4 is 15.4 Å². The Morgan fingerprint density at radius 1 is 1.10 bits per heavy atom. The van der Waals surface area contributed by atoms with Crippen molar-refractivity contribution in [3.05, 3.63) is 65.2 Å². The molecule has 29 heavy (non-hydrogen) atoms. The predicted molar refractivity (Wildman–Crippen MR) is 112 cm³/mol. The number of para-hydroxylation sites is 1. The SMILES string of the molecule is CC(C)NS(=O)(=O)Cc1ccc(CNC(=O)[C@H]2CC(=O)Nc3ccccc32)cc1. The number of rotatable bonds is 7. The van der Waals surface area contributed by atoms with Crippen LogP contribution in [-0.4, -0.2) is 26.3 Å². The van der Waals surface area contributed by atoms with E-state index in [1.807, 2.05) is 18.2 Å². The first-order valence-corrected chi connectivity index (χ1v) is 11.1. The van der Waals surface area contributed by atoms with Crippen LogP contribution in [0, 0.1) is 0 Å². The van der Waals surface area contributed by atoms with Gasteiger partial charge in [-0.2, -0.15) is 0 Å². The lowest BCUT2D eigenvalue weighted by molar-refractivity contribution is -0.126. The largest absolute Gasteiger partial charge is 0.351 e. The summed E-state index contributed by atoms with van der Waals surface area (Å²) in [4.78, 5) is 24.5. The number of amides is 2. The number of carbonyl (C=O) groups is 2. The zero-order chi connectivity index (χ0) is 21.0. The molecule has 0 aliphatic carbocycles. The number of fused-ring (bicyclic) bond motifs is 1. The highest BCUT2D eigenvalue weighted by atomic mass is 32.2. The maximum Gasteiger partial charge on any atom is 0.228 e. The minimum Gasteiger partial charge on any atom is -0.351 e. The fraction of sp³-hybridized carbons (Fsp3) is 0.333. The summed E-state index contributed by atoms with van der Waals surface area (Å²) in [5.41, 5.74) is 3.00. The molecule has 1 atom stereocenters. The van der Waals surface area contributed by atoms with Crippen LogP contribution in [0.15, 0.2) is 48.5 Å². The first kappa shape index (κ1) is 21.0. The molecular weight excluding hydrogens is 390 g/mol. The predicted octanol–water partition coefficient (Wildman–Crippen LogP) is 2.26. The Hall–Kier alpha value is -2.71. The van der Waals surface area contributed by atoms with Crippen LogP contribution in [0.5, 0.6) is 0 Å². The third-order valence-electron chi connectivity index (χ3n) is 4.58. The number of hydrogen-bond donors (Lipinski definition) is 3. The monoisotopic (exact) mass is 415 g/mol. The number of hydrogen-bond acceptors (Lipinski definition) is 4. The maximum absolute atomic E-state index is 12.7. The van der Waals surface area contributed by atoms with Crippen molar-refractivity contribution in [1.82, 2.24) is 10.0 Å². The van der Waals surface area contributed by atoms with E-state index in [4.69, 9.17) is 0 Å². The summed E-state index contributed by atoms with van der Waals surface area (Å²) in [6.07, 6.45) is 0.114. The van der Waals surface area contributed by atoms with E-state index < -0.39 is 15.9 Å². The van der Waals surface area contributed by atoms with Crippen molar-refractivity contribution in [3.8, 4) is 0 Å². The Labute approximate surface area is 171 Å². The third-order valence-corrected chi connectivity index (χ3v) is 6.12. The van der Waals surface area contributed by atoms with E-state index in [9.17, 15) is 18.0 Å². The standard InChI is InChI=1S/C21H25N3O4S/c1-14(2)24-29(27,28)13-16-9-7-15(8-10-16)12-22-21(26)18-11-20(25)23-19-6-4-3-5-17(18)19/h3-10,14,18,24H,11-13H2,1-2H3,(H,22,26)(H,23,25)/t18-/m0/s1. The third kappa shape index (κ3) is 5.65. The summed E-state index contributed by atoms with van der Waals surface area (Å²) in [5.74, 6) is -0.998. The molecule has 0 unspecified atom stereocenters. The molecule has 0 aromatic heterocycles. The van der Waals surface area contributed by atoms with Crippen molar-refractivity contribution in [2.75, 3.05) is 5.32 Å². The van der Waals surface area contributed by atoms with E-state index in [0.717, 1.165) is 11.1 Å². The molecule has 0 radical (unpaired) electrons. The summed E-state index contributed by atoms with van der Waals surface area (Å²) in [6, 6.07) is 14.2. The molecule has 7 nitrogen and oxygen atoms in total. The van der Waals surface area contributed by atoms with Crippen LogP contribution in [0.2, 0.25) is 0 Å². The molecule has 0 fully saturated rings. The second kappa shape index (κ2) is 8.75. The summed E-state index contributed by atoms with van der Waals surface area (Å²) < 4.78 is 26.6. The zero-order valence-electron chi connectivity index (χ0n) is 16.4. The number of carbonyl (C=O) groups excluding carboxylic acids is 2. The molecular formula is C21H25N3O4S. The lowest BCUT2D eigenvalue weighted by Crippen LogP contribution is -2.34. The fourth-order valence-corrected chi connectivity index (χ4v) is 4.76. The lowest BCUT2D eigenvalue weighted by atomic mass is 9.90. The van der Waals surface area contributed by atoms with Crippen LogP contribution >= 0.6 is 0 Å². The molecule has 0 spiro atoms. The molecule has 3 N–H and O–H groups in total. The van der Waals surface area contributed by atoms with Crippen LogP contribution in [0.4, 0.5) is 5.69 Å². The van der Waals surface area contributed by atoms with Crippen LogP contribution in [0.1, 0.15) is 42.9 Å². The summed E-state index contributed by atoms with van der Waals surface area (Å²) >= 11 is 0. The molecule has 3 rings (SSSR count). The Morgan fingerprint density at radius 3 is 2.45 bits per heavy atom. The van der Waals surface area contributed by atoms with Gasteiger partial charge in [0.1, 0.15) is 0 Å². The van der Waals surface area contributed by atoms with E-state index in [-0.39, 0.29) is 30.0 Å². The van der Waals surface area contributed by atoms with E-state index >= 15 is 0 Å². The van der Waals surface area contributed by atoms with Crippen molar-refractivity contribution < 1.29 is 18.0 Å². The van der Waals surface area contributed by atoms with Gasteiger partial charge in [-0.25, -0.2) is 13.1 Å². The number of sulfonamides is 1. The molecule has 1 heterocycles. The minimum absolute atomic E-state index is 0.0915. The van der Waals surface area contributed by atoms with Crippen molar-refractivity contribution in [1.29, 1.82) is 0 Å². The van der Waals surface area contributed by atoms with Crippen LogP contribution in [0.3, 0.4) is 0 Å². The first-order valence-electron chi connectivity index (χ1n) is 9.48. The smallest absolute Gasteiger partial charge is 0.228 e. The molecule has 8 heteroatoms. The van der Waals surface area contributed by atoms with Crippen molar-refractivity contribution >= 4 is 27.5 Å². The Bertz CT molecular complexity index is 1000. The molecule has 154 valence electrons. The fourth-order valence-electron chi connectivity index (χ4n) is 3.33. The highest BCUT2D eigenvalue weighted by molar-refractivity contribution is 7.88. The van der Waals surface area contributed by atoms with Gasteiger partial charge in [-0.1, -0.05) is 42.5 Å². The zero-order valence-corrected chi connectivity index (χ0v) is 17.3. The molecule has 2 aromatic rings. The van der Waals surface area contributed by atoms with Gasteiger partial charge in [0.15, 0.2) is 0 Å². The first-order chi connectivity index (χ1) is 13.7. The highest BCUT2D eigenvalue weighted by Crippen LogP contribution is 2.32. The topological polar surface area (TPSA) is 104 Å². The molecule has 2 amide bonds. The number of nitrogens with one attached hydrogen (secondary N) is 3. The van der Waals surface area contributed by atoms with Gasteiger partial charge in [0.25, 0.3) is 0 Å². The second-order valence-corrected chi connectivity index (χ2v) is 9.21. The average molecular weight is 416 g/mol. The molecule has 1 aliphatic rings. The van der Waals surface area contributed by atoms with Crippen molar-refractivity contribution in [2.24, 2.45) is 0 Å². The quantitative estimate of drug-likeness (QED) is 0.645. The summed E-state index contributed by atoms with van der Waals surface area (Å²) in [7, 11) is -3.38. The van der Waals surface area contributed by atoms with Crippen molar-refractivity contribution in [2.45, 2.75) is 44.5 Å². The Balaban J connectivity index is 1.61. The molecule has 0 saturated heterocycles. The van der Waals surface area contributed by atoms with E-state index in [2.05, 4.69) is 15.4 Å². The summed E-state index contributed by atoms with van der Waals surface area (Å²) in [5, 5.41) is 5.66. The summed E-state index contributed by atoms with van der Waals surface area (Å²) in [6.45, 7) is 3.85. The normalized spacial score (nSPS) is 16.2. The molecule has 2 aromatic carbocycles. The van der Waals surface area contributed by atoms with Gasteiger partial charge in [-0.05, 0) is 36.6 Å². The number of benzene rings is 2. The van der Waals surface area contributed by atoms with Gasteiger partial charge >= 0.3 is 0 Å². The van der Waals surface area contributed by atoms with Gasteiger partial charge in [-0.3, -0.25) is 9.59 Å². The van der Waals surface area contributed by atoms with Gasteiger partial charge in [0.2, 0.25) is 21.8 Å². The molecule has 1 aliphatic heterocycles. The van der Waals surface area contributed by atoms with E-state index in [0.29, 0.717) is 17.8 Å². The van der Waals surface area contributed by atoms with Crippen LogP contribution in [-0.2, 0) is 31.9 Å². The molecule has 0 saturated carbocycles.